The Hall–Kier alpha value is -2.71. The molecule has 3 aliphatic heterocycles. The van der Waals surface area contributed by atoms with Crippen molar-refractivity contribution in [2.24, 2.45) is 11.8 Å². The Morgan fingerprint density at radius 1 is 1.22 bits per heavy atom. The van der Waals surface area contributed by atoms with Crippen LogP contribution < -0.4 is 4.90 Å². The van der Waals surface area contributed by atoms with Crippen LogP contribution in [-0.2, 0) is 19.1 Å². The number of carboxylic acid groups (broad SMARTS) is 1. The van der Waals surface area contributed by atoms with Crippen molar-refractivity contribution in [3.63, 3.8) is 0 Å². The first-order valence-corrected chi connectivity index (χ1v) is 12.9. The Labute approximate surface area is 212 Å². The molecule has 0 aromatic heterocycles. The third-order valence-electron chi connectivity index (χ3n) is 8.32. The zero-order valence-electron chi connectivity index (χ0n) is 21.5. The molecule has 2 amide bonds. The Balaban J connectivity index is 1.75. The van der Waals surface area contributed by atoms with Gasteiger partial charge in [0.15, 0.2) is 0 Å². The molecule has 0 aliphatic carbocycles. The second-order valence-electron chi connectivity index (χ2n) is 10.8. The van der Waals surface area contributed by atoms with E-state index in [0.29, 0.717) is 32.2 Å². The van der Waals surface area contributed by atoms with Crippen LogP contribution in [0.5, 0.6) is 0 Å². The number of amides is 2. The number of aliphatic hydroxyl groups is 1. The maximum absolute atomic E-state index is 14.4. The molecular weight excluding hydrogens is 460 g/mol. The summed E-state index contributed by atoms with van der Waals surface area (Å²) in [5.41, 5.74) is 0.558. The number of aliphatic carboxylic acids is 1. The molecule has 1 spiro atoms. The van der Waals surface area contributed by atoms with Gasteiger partial charge in [0.2, 0.25) is 5.91 Å². The molecule has 3 aliphatic rings. The molecule has 2 unspecified atom stereocenters. The Bertz CT molecular complexity index is 1060. The topological polar surface area (TPSA) is 107 Å². The summed E-state index contributed by atoms with van der Waals surface area (Å²) in [7, 11) is 0. The number of hydrogen-bond acceptors (Lipinski definition) is 5. The van der Waals surface area contributed by atoms with Gasteiger partial charge in [-0.25, -0.2) is 0 Å². The fourth-order valence-electron chi connectivity index (χ4n) is 6.66. The van der Waals surface area contributed by atoms with E-state index >= 15 is 0 Å². The molecule has 3 fully saturated rings. The lowest BCUT2D eigenvalue weighted by atomic mass is 9.66. The average molecular weight is 499 g/mol. The third kappa shape index (κ3) is 4.14. The number of carbonyl (C=O) groups is 3. The van der Waals surface area contributed by atoms with Crippen molar-refractivity contribution < 1.29 is 29.3 Å². The first-order chi connectivity index (χ1) is 17.1. The molecule has 0 saturated carbocycles. The number of likely N-dealkylation sites (tertiary alicyclic amines) is 1. The number of carbonyl (C=O) groups excluding carboxylic acids is 2. The van der Waals surface area contributed by atoms with Gasteiger partial charge in [0.1, 0.15) is 11.6 Å². The first kappa shape index (κ1) is 26.4. The van der Waals surface area contributed by atoms with Gasteiger partial charge in [0.25, 0.3) is 5.91 Å². The monoisotopic (exact) mass is 498 g/mol. The highest BCUT2D eigenvalue weighted by Gasteiger charge is 2.78. The summed E-state index contributed by atoms with van der Waals surface area (Å²) < 4.78 is 6.49. The molecule has 1 aromatic carbocycles. The van der Waals surface area contributed by atoms with Gasteiger partial charge in [-0.3, -0.25) is 14.4 Å². The van der Waals surface area contributed by atoms with E-state index in [2.05, 4.69) is 6.58 Å². The van der Waals surface area contributed by atoms with Crippen molar-refractivity contribution in [3.8, 4) is 0 Å². The smallest absolute Gasteiger partial charge is 0.310 e. The van der Waals surface area contributed by atoms with E-state index in [1.807, 2.05) is 32.0 Å². The van der Waals surface area contributed by atoms with E-state index in [1.54, 1.807) is 22.8 Å². The quantitative estimate of drug-likeness (QED) is 0.358. The molecule has 2 N–H and O–H groups in total. The largest absolute Gasteiger partial charge is 0.481 e. The second-order valence-corrected chi connectivity index (χ2v) is 10.8. The standard InChI is InChI=1S/C28H38N2O6/c1-5-14-29(20-17-18(2)10-11-19(20)3)25(33)23-28-13-12-27(4,36-28)22(26(34)35)21(28)24(32)30(23)15-8-6-7-9-16-31/h5,10-11,17,21-23,31H,1,6-9,12-16H2,2-4H3,(H,34,35)/t21-,22-,23?,27+,28?/m0/s1. The molecule has 36 heavy (non-hydrogen) atoms. The van der Waals surface area contributed by atoms with Crippen LogP contribution in [0.2, 0.25) is 0 Å². The maximum Gasteiger partial charge on any atom is 0.310 e. The van der Waals surface area contributed by atoms with E-state index in [4.69, 9.17) is 9.84 Å². The minimum atomic E-state index is -1.16. The molecule has 5 atom stereocenters. The predicted molar refractivity (Wildman–Crippen MR) is 136 cm³/mol. The molecule has 2 bridgehead atoms. The van der Waals surface area contributed by atoms with Gasteiger partial charge in [0.05, 0.1) is 17.4 Å². The Morgan fingerprint density at radius 3 is 2.61 bits per heavy atom. The number of nitrogens with zero attached hydrogens (tertiary/aromatic N) is 2. The molecule has 3 heterocycles. The third-order valence-corrected chi connectivity index (χ3v) is 8.32. The lowest BCUT2D eigenvalue weighted by Gasteiger charge is -2.37. The number of fused-ring (bicyclic) bond motifs is 1. The van der Waals surface area contributed by atoms with Gasteiger partial charge < -0.3 is 24.7 Å². The molecule has 8 nitrogen and oxygen atoms in total. The van der Waals surface area contributed by atoms with Crippen LogP contribution >= 0.6 is 0 Å². The number of hydrogen-bond donors (Lipinski definition) is 2. The molecule has 0 radical (unpaired) electrons. The maximum atomic E-state index is 14.4. The highest BCUT2D eigenvalue weighted by Crippen LogP contribution is 2.63. The zero-order chi connectivity index (χ0) is 26.3. The van der Waals surface area contributed by atoms with Crippen LogP contribution in [0.25, 0.3) is 0 Å². The van der Waals surface area contributed by atoms with Gasteiger partial charge in [-0.2, -0.15) is 0 Å². The van der Waals surface area contributed by atoms with Gasteiger partial charge in [-0.15, -0.1) is 6.58 Å². The van der Waals surface area contributed by atoms with Crippen LogP contribution in [-0.4, -0.2) is 69.8 Å². The van der Waals surface area contributed by atoms with Crippen LogP contribution in [0.15, 0.2) is 30.9 Å². The van der Waals surface area contributed by atoms with Crippen LogP contribution in [0.1, 0.15) is 56.6 Å². The Morgan fingerprint density at radius 2 is 1.94 bits per heavy atom. The van der Waals surface area contributed by atoms with Crippen LogP contribution in [0, 0.1) is 25.7 Å². The number of anilines is 1. The van der Waals surface area contributed by atoms with E-state index < -0.39 is 35.0 Å². The molecular formula is C28H38N2O6. The molecule has 3 saturated heterocycles. The number of carboxylic acids is 1. The lowest BCUT2D eigenvalue weighted by Crippen LogP contribution is -2.56. The summed E-state index contributed by atoms with van der Waals surface area (Å²) in [6, 6.07) is 5.00. The zero-order valence-corrected chi connectivity index (χ0v) is 21.5. The van der Waals surface area contributed by atoms with Crippen molar-refractivity contribution in [1.29, 1.82) is 0 Å². The number of aliphatic hydroxyl groups excluding tert-OH is 1. The second kappa shape index (κ2) is 9.98. The normalized spacial score (nSPS) is 30.5. The van der Waals surface area contributed by atoms with Gasteiger partial charge >= 0.3 is 5.97 Å². The Kier molecular flexibility index (Phi) is 7.30. The van der Waals surface area contributed by atoms with Crippen molar-refractivity contribution in [2.75, 3.05) is 24.6 Å². The minimum absolute atomic E-state index is 0.119. The molecule has 196 valence electrons. The van der Waals surface area contributed by atoms with E-state index in [0.717, 1.165) is 29.7 Å². The summed E-state index contributed by atoms with van der Waals surface area (Å²) in [6.45, 7) is 10.3. The van der Waals surface area contributed by atoms with Crippen molar-refractivity contribution in [3.05, 3.63) is 42.0 Å². The van der Waals surface area contributed by atoms with Gasteiger partial charge in [-0.1, -0.05) is 31.1 Å². The number of unbranched alkanes of at least 4 members (excludes halogenated alkanes) is 3. The SMILES string of the molecule is C=CCN(C(=O)C1N(CCCCCCO)C(=O)[C@@H]2[C@@H](C(=O)O)[C@@]3(C)CCC12O3)c1cc(C)ccc1C. The summed E-state index contributed by atoms with van der Waals surface area (Å²) >= 11 is 0. The highest BCUT2D eigenvalue weighted by molar-refractivity contribution is 6.05. The predicted octanol–water partition coefficient (Wildman–Crippen LogP) is 3.22. The van der Waals surface area contributed by atoms with Gasteiger partial charge in [-0.05, 0) is 63.6 Å². The number of rotatable bonds is 11. The molecule has 4 rings (SSSR count). The van der Waals surface area contributed by atoms with E-state index in [1.165, 1.54) is 0 Å². The fourth-order valence-corrected chi connectivity index (χ4v) is 6.66. The number of ether oxygens (including phenoxy) is 1. The minimum Gasteiger partial charge on any atom is -0.481 e. The summed E-state index contributed by atoms with van der Waals surface area (Å²) in [5, 5.41) is 19.2. The number of benzene rings is 1. The fraction of sp³-hybridized carbons (Fsp3) is 0.607. The van der Waals surface area contributed by atoms with Crippen molar-refractivity contribution in [1.82, 2.24) is 4.90 Å². The lowest BCUT2D eigenvalue weighted by molar-refractivity contribution is -0.154. The average Bonchev–Trinajstić information content (AvgIpc) is 3.39. The van der Waals surface area contributed by atoms with Crippen molar-refractivity contribution in [2.45, 2.75) is 76.5 Å². The summed E-state index contributed by atoms with van der Waals surface area (Å²) in [4.78, 5) is 43.9. The summed E-state index contributed by atoms with van der Waals surface area (Å²) in [5.74, 6) is -3.48. The number of aryl methyl sites for hydroxylation is 2. The van der Waals surface area contributed by atoms with E-state index in [9.17, 15) is 19.5 Å². The first-order valence-electron chi connectivity index (χ1n) is 12.9. The van der Waals surface area contributed by atoms with Crippen LogP contribution in [0.3, 0.4) is 0 Å². The highest BCUT2D eigenvalue weighted by atomic mass is 16.5. The van der Waals surface area contributed by atoms with E-state index in [-0.39, 0.29) is 25.0 Å². The summed E-state index contributed by atoms with van der Waals surface area (Å²) in [6.07, 6.45) is 5.60. The van der Waals surface area contributed by atoms with Gasteiger partial charge in [0, 0.05) is 25.4 Å². The molecule has 1 aromatic rings. The van der Waals surface area contributed by atoms with Crippen molar-refractivity contribution >= 4 is 23.5 Å². The molecule has 8 heteroatoms. The van der Waals surface area contributed by atoms with Crippen LogP contribution in [0.4, 0.5) is 5.69 Å².